The van der Waals surface area contributed by atoms with Crippen molar-refractivity contribution in [1.29, 1.82) is 0 Å². The van der Waals surface area contributed by atoms with E-state index in [9.17, 15) is 14.0 Å². The average molecular weight is 439 g/mol. The number of carbonyl (C=O) groups is 2. The molecule has 7 heteroatoms. The van der Waals surface area contributed by atoms with Gasteiger partial charge < -0.3 is 5.32 Å². The topological polar surface area (TPSA) is 49.4 Å². The summed E-state index contributed by atoms with van der Waals surface area (Å²) in [4.78, 5) is 28.2. The lowest BCUT2D eigenvalue weighted by Gasteiger charge is -2.16. The monoisotopic (exact) mass is 438 g/mol. The summed E-state index contributed by atoms with van der Waals surface area (Å²) in [5, 5.41) is 3.62. The number of aryl methyl sites for hydroxylation is 1. The fraction of sp³-hybridized carbons (Fsp3) is 0.0435. The standard InChI is InChI=1S/C23H16ClFN2O2S/c1-14-5-4-6-16(13-14)26-20-21(30-17-11-9-15(24)10-12-17)23(29)27(22(20)28)19-8-3-2-7-18(19)25/h2-13,26H,1H3. The van der Waals surface area contributed by atoms with Gasteiger partial charge in [-0.3, -0.25) is 9.59 Å². The van der Waals surface area contributed by atoms with Gasteiger partial charge >= 0.3 is 0 Å². The van der Waals surface area contributed by atoms with Crippen LogP contribution in [-0.2, 0) is 9.59 Å². The van der Waals surface area contributed by atoms with Crippen LogP contribution in [0.5, 0.6) is 0 Å². The number of imide groups is 1. The molecule has 0 saturated carbocycles. The molecule has 3 aromatic carbocycles. The second-order valence-corrected chi connectivity index (χ2v) is 8.17. The van der Waals surface area contributed by atoms with Gasteiger partial charge in [0, 0.05) is 15.6 Å². The summed E-state index contributed by atoms with van der Waals surface area (Å²) in [5.41, 5.74) is 1.68. The van der Waals surface area contributed by atoms with Gasteiger partial charge in [0.05, 0.1) is 5.69 Å². The molecule has 0 radical (unpaired) electrons. The molecule has 3 aromatic rings. The lowest BCUT2D eigenvalue weighted by molar-refractivity contribution is -0.120. The molecule has 4 rings (SSSR count). The lowest BCUT2D eigenvalue weighted by atomic mass is 10.2. The lowest BCUT2D eigenvalue weighted by Crippen LogP contribution is -2.33. The molecule has 0 fully saturated rings. The quantitative estimate of drug-likeness (QED) is 0.513. The van der Waals surface area contributed by atoms with Crippen molar-refractivity contribution >= 4 is 46.6 Å². The summed E-state index contributed by atoms with van der Waals surface area (Å²) < 4.78 is 14.4. The second-order valence-electron chi connectivity index (χ2n) is 6.65. The van der Waals surface area contributed by atoms with Gasteiger partial charge in [-0.05, 0) is 61.0 Å². The van der Waals surface area contributed by atoms with E-state index in [4.69, 9.17) is 11.6 Å². The predicted molar refractivity (Wildman–Crippen MR) is 118 cm³/mol. The van der Waals surface area contributed by atoms with E-state index >= 15 is 0 Å². The third-order valence-corrected chi connectivity index (χ3v) is 5.80. The Morgan fingerprint density at radius 3 is 2.37 bits per heavy atom. The van der Waals surface area contributed by atoms with Crippen molar-refractivity contribution in [1.82, 2.24) is 0 Å². The number of thioether (sulfide) groups is 1. The maximum atomic E-state index is 14.4. The van der Waals surface area contributed by atoms with Crippen LogP contribution in [0.15, 0.2) is 88.3 Å². The number of nitrogens with zero attached hydrogens (tertiary/aromatic N) is 1. The van der Waals surface area contributed by atoms with Crippen LogP contribution in [0.4, 0.5) is 15.8 Å². The normalized spacial score (nSPS) is 13.9. The summed E-state index contributed by atoms with van der Waals surface area (Å²) >= 11 is 7.08. The van der Waals surface area contributed by atoms with Gasteiger partial charge in [0.1, 0.15) is 16.4 Å². The summed E-state index contributed by atoms with van der Waals surface area (Å²) in [7, 11) is 0. The fourth-order valence-electron chi connectivity index (χ4n) is 3.05. The summed E-state index contributed by atoms with van der Waals surface area (Å²) in [6.07, 6.45) is 0. The first kappa shape index (κ1) is 20.2. The van der Waals surface area contributed by atoms with E-state index < -0.39 is 17.6 Å². The van der Waals surface area contributed by atoms with Crippen LogP contribution in [0, 0.1) is 12.7 Å². The molecular formula is C23H16ClFN2O2S. The van der Waals surface area contributed by atoms with Gasteiger partial charge in [-0.2, -0.15) is 0 Å². The zero-order valence-electron chi connectivity index (χ0n) is 15.9. The molecule has 0 unspecified atom stereocenters. The molecule has 0 bridgehead atoms. The predicted octanol–water partition coefficient (Wildman–Crippen LogP) is 5.78. The van der Waals surface area contributed by atoms with Gasteiger partial charge in [-0.25, -0.2) is 9.29 Å². The average Bonchev–Trinajstić information content (AvgIpc) is 2.94. The van der Waals surface area contributed by atoms with E-state index in [1.807, 2.05) is 25.1 Å². The number of halogens is 2. The maximum Gasteiger partial charge on any atom is 0.283 e. The second kappa shape index (κ2) is 8.34. The van der Waals surface area contributed by atoms with Crippen LogP contribution in [-0.4, -0.2) is 11.8 Å². The Kier molecular flexibility index (Phi) is 5.61. The largest absolute Gasteiger partial charge is 0.350 e. The van der Waals surface area contributed by atoms with Crippen molar-refractivity contribution in [3.05, 3.63) is 99.8 Å². The Balaban J connectivity index is 1.76. The number of rotatable bonds is 5. The Bertz CT molecular complexity index is 1180. The smallest absolute Gasteiger partial charge is 0.283 e. The molecule has 0 atom stereocenters. The SMILES string of the molecule is Cc1cccc(NC2=C(Sc3ccc(Cl)cc3)C(=O)N(c3ccccc3F)C2=O)c1. The molecule has 0 spiro atoms. The highest BCUT2D eigenvalue weighted by atomic mass is 35.5. The minimum Gasteiger partial charge on any atom is -0.350 e. The highest BCUT2D eigenvalue weighted by Gasteiger charge is 2.41. The molecule has 0 aliphatic carbocycles. The van der Waals surface area contributed by atoms with Crippen LogP contribution < -0.4 is 10.2 Å². The Hall–Kier alpha value is -3.09. The zero-order valence-corrected chi connectivity index (χ0v) is 17.4. The number of hydrogen-bond acceptors (Lipinski definition) is 4. The molecule has 0 aromatic heterocycles. The first-order valence-corrected chi connectivity index (χ1v) is 10.3. The Morgan fingerprint density at radius 1 is 0.933 bits per heavy atom. The van der Waals surface area contributed by atoms with E-state index in [1.54, 1.807) is 36.4 Å². The van der Waals surface area contributed by atoms with Gasteiger partial charge in [0.15, 0.2) is 0 Å². The number of amides is 2. The van der Waals surface area contributed by atoms with Crippen LogP contribution in [0.3, 0.4) is 0 Å². The van der Waals surface area contributed by atoms with E-state index in [2.05, 4.69) is 5.32 Å². The highest BCUT2D eigenvalue weighted by molar-refractivity contribution is 8.04. The fourth-order valence-corrected chi connectivity index (χ4v) is 4.11. The van der Waals surface area contributed by atoms with Crippen molar-refractivity contribution in [2.45, 2.75) is 11.8 Å². The molecule has 1 aliphatic rings. The molecule has 150 valence electrons. The van der Waals surface area contributed by atoms with E-state index in [1.165, 1.54) is 18.2 Å². The number of nitrogens with one attached hydrogen (secondary N) is 1. The van der Waals surface area contributed by atoms with Crippen molar-refractivity contribution < 1.29 is 14.0 Å². The zero-order chi connectivity index (χ0) is 21.3. The first-order valence-electron chi connectivity index (χ1n) is 9.09. The Morgan fingerprint density at radius 2 is 1.67 bits per heavy atom. The molecular weight excluding hydrogens is 423 g/mol. The molecule has 2 amide bonds. The van der Waals surface area contributed by atoms with E-state index in [0.29, 0.717) is 10.7 Å². The minimum atomic E-state index is -0.646. The van der Waals surface area contributed by atoms with Gasteiger partial charge in [-0.15, -0.1) is 0 Å². The highest BCUT2D eigenvalue weighted by Crippen LogP contribution is 2.38. The van der Waals surface area contributed by atoms with Gasteiger partial charge in [0.25, 0.3) is 11.8 Å². The number of benzene rings is 3. The summed E-state index contributed by atoms with van der Waals surface area (Å²) in [6, 6.07) is 20.1. The molecule has 4 nitrogen and oxygen atoms in total. The van der Waals surface area contributed by atoms with E-state index in [-0.39, 0.29) is 16.3 Å². The van der Waals surface area contributed by atoms with Crippen molar-refractivity contribution in [3.8, 4) is 0 Å². The van der Waals surface area contributed by atoms with Crippen LogP contribution in [0.25, 0.3) is 0 Å². The summed E-state index contributed by atoms with van der Waals surface area (Å²) in [5.74, 6) is -1.84. The van der Waals surface area contributed by atoms with Crippen molar-refractivity contribution in [2.75, 3.05) is 10.2 Å². The molecule has 1 aliphatic heterocycles. The van der Waals surface area contributed by atoms with Crippen LogP contribution >= 0.6 is 23.4 Å². The molecule has 1 N–H and O–H groups in total. The Labute approximate surface area is 182 Å². The molecule has 30 heavy (non-hydrogen) atoms. The first-order chi connectivity index (χ1) is 14.4. The van der Waals surface area contributed by atoms with Gasteiger partial charge in [0.2, 0.25) is 0 Å². The van der Waals surface area contributed by atoms with Gasteiger partial charge in [-0.1, -0.05) is 47.6 Å². The number of carbonyl (C=O) groups excluding carboxylic acids is 2. The summed E-state index contributed by atoms with van der Waals surface area (Å²) in [6.45, 7) is 1.93. The third-order valence-electron chi connectivity index (χ3n) is 4.46. The number of para-hydroxylation sites is 1. The third kappa shape index (κ3) is 3.97. The van der Waals surface area contributed by atoms with Crippen molar-refractivity contribution in [2.24, 2.45) is 0 Å². The van der Waals surface area contributed by atoms with E-state index in [0.717, 1.165) is 27.1 Å². The van der Waals surface area contributed by atoms with Crippen molar-refractivity contribution in [3.63, 3.8) is 0 Å². The maximum absolute atomic E-state index is 14.4. The molecule has 1 heterocycles. The molecule has 0 saturated heterocycles. The number of hydrogen-bond donors (Lipinski definition) is 1. The minimum absolute atomic E-state index is 0.0808. The number of anilines is 2. The van der Waals surface area contributed by atoms with Crippen LogP contribution in [0.2, 0.25) is 5.02 Å². The van der Waals surface area contributed by atoms with Crippen LogP contribution in [0.1, 0.15) is 5.56 Å².